The van der Waals surface area contributed by atoms with Gasteiger partial charge in [-0.05, 0) is 12.1 Å². The van der Waals surface area contributed by atoms with E-state index >= 15 is 0 Å². The summed E-state index contributed by atoms with van der Waals surface area (Å²) < 4.78 is 0. The van der Waals surface area contributed by atoms with Gasteiger partial charge < -0.3 is 9.80 Å². The lowest BCUT2D eigenvalue weighted by Gasteiger charge is -2.37. The number of nitro benzene ring substituents is 1. The highest BCUT2D eigenvalue weighted by atomic mass is 35.5. The molecule has 2 rings (SSSR count). The standard InChI is InChI=1S/C16H20ClN3O4/c1-16(2,3)15(22)19-8-6-18(7-9-19)14(21)12-5-4-11(17)10-13(12)20(23)24/h4-5,10H,6-9H2,1-3H3. The van der Waals surface area contributed by atoms with Gasteiger partial charge in [-0.2, -0.15) is 0 Å². The largest absolute Gasteiger partial charge is 0.339 e. The Bertz CT molecular complexity index is 676. The van der Waals surface area contributed by atoms with Crippen molar-refractivity contribution in [3.63, 3.8) is 0 Å². The number of hydrogen-bond acceptors (Lipinski definition) is 4. The molecule has 24 heavy (non-hydrogen) atoms. The number of carbonyl (C=O) groups is 2. The fourth-order valence-electron chi connectivity index (χ4n) is 2.59. The van der Waals surface area contributed by atoms with Crippen LogP contribution in [0, 0.1) is 15.5 Å². The molecule has 0 aliphatic carbocycles. The second kappa shape index (κ2) is 6.76. The molecule has 1 heterocycles. The fourth-order valence-corrected chi connectivity index (χ4v) is 2.76. The second-order valence-corrected chi connectivity index (χ2v) is 7.19. The number of halogens is 1. The number of nitro groups is 1. The van der Waals surface area contributed by atoms with Crippen LogP contribution >= 0.6 is 11.6 Å². The van der Waals surface area contributed by atoms with Crippen LogP contribution in [-0.2, 0) is 4.79 Å². The minimum absolute atomic E-state index is 0.0139. The molecular formula is C16H20ClN3O4. The zero-order valence-electron chi connectivity index (χ0n) is 13.9. The summed E-state index contributed by atoms with van der Waals surface area (Å²) in [6, 6.07) is 4.00. The van der Waals surface area contributed by atoms with Gasteiger partial charge >= 0.3 is 0 Å². The van der Waals surface area contributed by atoms with Crippen LogP contribution in [0.15, 0.2) is 18.2 Å². The first-order valence-electron chi connectivity index (χ1n) is 7.64. The molecule has 0 unspecified atom stereocenters. The topological polar surface area (TPSA) is 83.8 Å². The number of nitrogens with zero attached hydrogens (tertiary/aromatic N) is 3. The van der Waals surface area contributed by atoms with Gasteiger partial charge in [0.1, 0.15) is 5.56 Å². The van der Waals surface area contributed by atoms with E-state index in [1.807, 2.05) is 20.8 Å². The number of benzene rings is 1. The Balaban J connectivity index is 2.12. The first-order chi connectivity index (χ1) is 11.1. The van der Waals surface area contributed by atoms with E-state index in [9.17, 15) is 19.7 Å². The molecule has 0 atom stereocenters. The highest BCUT2D eigenvalue weighted by Gasteiger charge is 2.32. The molecule has 0 radical (unpaired) electrons. The summed E-state index contributed by atoms with van der Waals surface area (Å²) >= 11 is 5.77. The van der Waals surface area contributed by atoms with Crippen LogP contribution in [-0.4, -0.2) is 52.7 Å². The molecule has 1 aromatic rings. The van der Waals surface area contributed by atoms with Gasteiger partial charge in [-0.3, -0.25) is 19.7 Å². The van der Waals surface area contributed by atoms with E-state index in [4.69, 9.17) is 11.6 Å². The quantitative estimate of drug-likeness (QED) is 0.604. The van der Waals surface area contributed by atoms with Crippen LogP contribution < -0.4 is 0 Å². The molecule has 1 saturated heterocycles. The average molecular weight is 354 g/mol. The molecule has 1 aromatic carbocycles. The third-order valence-corrected chi connectivity index (χ3v) is 4.12. The second-order valence-electron chi connectivity index (χ2n) is 6.75. The van der Waals surface area contributed by atoms with Crippen molar-refractivity contribution in [2.75, 3.05) is 26.2 Å². The van der Waals surface area contributed by atoms with Crippen molar-refractivity contribution in [2.24, 2.45) is 5.41 Å². The molecule has 1 aliphatic heterocycles. The van der Waals surface area contributed by atoms with Crippen LogP contribution in [0.1, 0.15) is 31.1 Å². The van der Waals surface area contributed by atoms with Crippen LogP contribution in [0.3, 0.4) is 0 Å². The third-order valence-electron chi connectivity index (χ3n) is 3.88. The maximum atomic E-state index is 12.6. The van der Waals surface area contributed by atoms with Crippen molar-refractivity contribution in [3.05, 3.63) is 38.9 Å². The predicted octanol–water partition coefficient (Wildman–Crippen LogP) is 2.58. The number of rotatable bonds is 2. The molecule has 8 heteroatoms. The van der Waals surface area contributed by atoms with Crippen molar-refractivity contribution in [3.8, 4) is 0 Å². The lowest BCUT2D eigenvalue weighted by molar-refractivity contribution is -0.385. The highest BCUT2D eigenvalue weighted by molar-refractivity contribution is 6.31. The van der Waals surface area contributed by atoms with Gasteiger partial charge in [-0.1, -0.05) is 32.4 Å². The van der Waals surface area contributed by atoms with Gasteiger partial charge in [0.2, 0.25) is 5.91 Å². The van der Waals surface area contributed by atoms with Crippen LogP contribution in [0.2, 0.25) is 5.02 Å². The lowest BCUT2D eigenvalue weighted by Crippen LogP contribution is -2.53. The smallest absolute Gasteiger partial charge is 0.283 e. The predicted molar refractivity (Wildman–Crippen MR) is 90.0 cm³/mol. The monoisotopic (exact) mass is 353 g/mol. The summed E-state index contributed by atoms with van der Waals surface area (Å²) in [5.74, 6) is -0.381. The maximum Gasteiger partial charge on any atom is 0.283 e. The van der Waals surface area contributed by atoms with E-state index in [0.717, 1.165) is 0 Å². The Hall–Kier alpha value is -2.15. The maximum absolute atomic E-state index is 12.6. The van der Waals surface area contributed by atoms with Crippen molar-refractivity contribution in [1.82, 2.24) is 9.80 Å². The Kier molecular flexibility index (Phi) is 5.13. The van der Waals surface area contributed by atoms with E-state index in [2.05, 4.69) is 0 Å². The zero-order chi connectivity index (χ0) is 18.1. The molecule has 0 saturated carbocycles. The summed E-state index contributed by atoms with van der Waals surface area (Å²) in [6.45, 7) is 7.09. The summed E-state index contributed by atoms with van der Waals surface area (Å²) in [6.07, 6.45) is 0. The van der Waals surface area contributed by atoms with Gasteiger partial charge in [0.25, 0.3) is 11.6 Å². The normalized spacial score (nSPS) is 15.3. The van der Waals surface area contributed by atoms with Crippen molar-refractivity contribution in [1.29, 1.82) is 0 Å². The number of carbonyl (C=O) groups excluding carboxylic acids is 2. The summed E-state index contributed by atoms with van der Waals surface area (Å²) in [7, 11) is 0. The summed E-state index contributed by atoms with van der Waals surface area (Å²) in [4.78, 5) is 38.6. The molecule has 1 fully saturated rings. The molecule has 0 spiro atoms. The zero-order valence-corrected chi connectivity index (χ0v) is 14.7. The molecule has 2 amide bonds. The number of hydrogen-bond donors (Lipinski definition) is 0. The molecule has 0 N–H and O–H groups in total. The van der Waals surface area contributed by atoms with E-state index in [-0.39, 0.29) is 22.2 Å². The van der Waals surface area contributed by atoms with Gasteiger partial charge in [0.15, 0.2) is 0 Å². The molecule has 0 bridgehead atoms. The molecule has 130 valence electrons. The molecular weight excluding hydrogens is 334 g/mol. The van der Waals surface area contributed by atoms with E-state index in [1.165, 1.54) is 23.1 Å². The van der Waals surface area contributed by atoms with E-state index in [0.29, 0.717) is 26.2 Å². The average Bonchev–Trinajstić information content (AvgIpc) is 2.52. The third kappa shape index (κ3) is 3.84. The van der Waals surface area contributed by atoms with Crippen molar-refractivity contribution < 1.29 is 14.5 Å². The van der Waals surface area contributed by atoms with Crippen molar-refractivity contribution in [2.45, 2.75) is 20.8 Å². The highest BCUT2D eigenvalue weighted by Crippen LogP contribution is 2.25. The van der Waals surface area contributed by atoms with Crippen LogP contribution in [0.25, 0.3) is 0 Å². The SMILES string of the molecule is CC(C)(C)C(=O)N1CCN(C(=O)c2ccc(Cl)cc2[N+](=O)[O-])CC1. The Labute approximate surface area is 145 Å². The van der Waals surface area contributed by atoms with Crippen LogP contribution in [0.5, 0.6) is 0 Å². The van der Waals surface area contributed by atoms with Crippen LogP contribution in [0.4, 0.5) is 5.69 Å². The molecule has 7 nitrogen and oxygen atoms in total. The minimum Gasteiger partial charge on any atom is -0.339 e. The Morgan fingerprint density at radius 3 is 2.17 bits per heavy atom. The minimum atomic E-state index is -0.613. The summed E-state index contributed by atoms with van der Waals surface area (Å²) in [5.41, 5.74) is -0.762. The van der Waals surface area contributed by atoms with E-state index in [1.54, 1.807) is 4.90 Å². The Morgan fingerprint density at radius 1 is 1.12 bits per heavy atom. The molecule has 1 aliphatic rings. The van der Waals surface area contributed by atoms with Gasteiger partial charge in [-0.15, -0.1) is 0 Å². The molecule has 0 aromatic heterocycles. The number of piperazine rings is 1. The van der Waals surface area contributed by atoms with Gasteiger partial charge in [0, 0.05) is 42.7 Å². The first kappa shape index (κ1) is 18.2. The lowest BCUT2D eigenvalue weighted by atomic mass is 9.94. The van der Waals surface area contributed by atoms with Crippen molar-refractivity contribution >= 4 is 29.1 Å². The van der Waals surface area contributed by atoms with Gasteiger partial charge in [0.05, 0.1) is 4.92 Å². The Morgan fingerprint density at radius 2 is 1.67 bits per heavy atom. The number of amides is 2. The van der Waals surface area contributed by atoms with Gasteiger partial charge in [-0.25, -0.2) is 0 Å². The first-order valence-corrected chi connectivity index (χ1v) is 8.01. The van der Waals surface area contributed by atoms with E-state index < -0.39 is 16.2 Å². The summed E-state index contributed by atoms with van der Waals surface area (Å²) in [5, 5.41) is 11.3. The fraction of sp³-hybridized carbons (Fsp3) is 0.500.